The van der Waals surface area contributed by atoms with Crippen molar-refractivity contribution in [2.24, 2.45) is 0 Å². The van der Waals surface area contributed by atoms with Gasteiger partial charge >= 0.3 is 0 Å². The largest absolute Gasteiger partial charge is 0.0654 e. The van der Waals surface area contributed by atoms with Gasteiger partial charge in [0, 0.05) is 0 Å². The Hall–Kier alpha value is -1.56. The van der Waals surface area contributed by atoms with Gasteiger partial charge in [0.25, 0.3) is 0 Å². The molecule has 2 aromatic rings. The van der Waals surface area contributed by atoms with Crippen LogP contribution in [0, 0.1) is 13.8 Å². The van der Waals surface area contributed by atoms with Crippen molar-refractivity contribution in [1.29, 1.82) is 0 Å². The van der Waals surface area contributed by atoms with E-state index in [1.165, 1.54) is 92.9 Å². The minimum absolute atomic E-state index is 1.07. The Labute approximate surface area is 168 Å². The maximum Gasteiger partial charge on any atom is -0.00228 e. The van der Waals surface area contributed by atoms with Crippen molar-refractivity contribution in [3.8, 4) is 0 Å². The lowest BCUT2D eigenvalue weighted by Gasteiger charge is -2.11. The van der Waals surface area contributed by atoms with Crippen molar-refractivity contribution in [3.05, 3.63) is 70.3 Å². The third-order valence-electron chi connectivity index (χ3n) is 5.59. The highest BCUT2D eigenvalue weighted by Crippen LogP contribution is 2.19. The van der Waals surface area contributed by atoms with E-state index in [1.54, 1.807) is 5.56 Å². The molecule has 0 saturated heterocycles. The van der Waals surface area contributed by atoms with Crippen LogP contribution in [0.3, 0.4) is 0 Å². The molecule has 0 aliphatic rings. The van der Waals surface area contributed by atoms with Crippen LogP contribution in [0.25, 0.3) is 0 Å². The Morgan fingerprint density at radius 2 is 1.11 bits per heavy atom. The normalized spacial score (nSPS) is 11.1. The molecule has 148 valence electrons. The van der Waals surface area contributed by atoms with E-state index >= 15 is 0 Å². The van der Waals surface area contributed by atoms with E-state index in [-0.39, 0.29) is 0 Å². The number of rotatable bonds is 13. The van der Waals surface area contributed by atoms with Crippen molar-refractivity contribution >= 4 is 0 Å². The average molecular weight is 365 g/mol. The van der Waals surface area contributed by atoms with Gasteiger partial charge in [-0.3, -0.25) is 0 Å². The van der Waals surface area contributed by atoms with Gasteiger partial charge < -0.3 is 0 Å². The highest BCUT2D eigenvalue weighted by Gasteiger charge is 2.04. The summed E-state index contributed by atoms with van der Waals surface area (Å²) in [7, 11) is 0. The lowest BCUT2D eigenvalue weighted by atomic mass is 9.94. The van der Waals surface area contributed by atoms with Gasteiger partial charge in [0.2, 0.25) is 0 Å². The van der Waals surface area contributed by atoms with Crippen LogP contribution in [0.4, 0.5) is 0 Å². The van der Waals surface area contributed by atoms with Crippen LogP contribution in [0.15, 0.2) is 42.5 Å². The second-order valence-corrected chi connectivity index (χ2v) is 8.37. The van der Waals surface area contributed by atoms with Crippen molar-refractivity contribution in [2.45, 2.75) is 97.8 Å². The number of hydrogen-bond acceptors (Lipinski definition) is 0. The van der Waals surface area contributed by atoms with Crippen molar-refractivity contribution < 1.29 is 0 Å². The second kappa shape index (κ2) is 12.8. The molecule has 0 aromatic heterocycles. The zero-order chi connectivity index (χ0) is 19.3. The molecule has 27 heavy (non-hydrogen) atoms. The minimum Gasteiger partial charge on any atom is -0.0654 e. The lowest BCUT2D eigenvalue weighted by molar-refractivity contribution is 0.556. The van der Waals surface area contributed by atoms with Crippen LogP contribution >= 0.6 is 0 Å². The molecule has 0 radical (unpaired) electrons. The highest BCUT2D eigenvalue weighted by molar-refractivity contribution is 5.36. The van der Waals surface area contributed by atoms with Crippen LogP contribution in [0.1, 0.15) is 98.9 Å². The molecular weight excluding hydrogens is 324 g/mol. The van der Waals surface area contributed by atoms with Crippen molar-refractivity contribution in [2.75, 3.05) is 0 Å². The van der Waals surface area contributed by atoms with Gasteiger partial charge in [-0.05, 0) is 49.8 Å². The first-order valence-electron chi connectivity index (χ1n) is 11.3. The van der Waals surface area contributed by atoms with E-state index in [9.17, 15) is 0 Å². The van der Waals surface area contributed by atoms with Gasteiger partial charge in [-0.1, -0.05) is 118 Å². The lowest BCUT2D eigenvalue weighted by Crippen LogP contribution is -1.97. The Balaban J connectivity index is 1.71. The van der Waals surface area contributed by atoms with Crippen LogP contribution in [-0.2, 0) is 12.8 Å². The van der Waals surface area contributed by atoms with Crippen LogP contribution < -0.4 is 0 Å². The third-order valence-corrected chi connectivity index (χ3v) is 5.59. The van der Waals surface area contributed by atoms with Crippen molar-refractivity contribution in [3.63, 3.8) is 0 Å². The second-order valence-electron chi connectivity index (χ2n) is 8.37. The summed E-state index contributed by atoms with van der Waals surface area (Å²) in [6.07, 6.45) is 16.4. The fourth-order valence-corrected chi connectivity index (χ4v) is 4.17. The quantitative estimate of drug-likeness (QED) is 0.313. The number of hydrogen-bond donors (Lipinski definition) is 0. The molecule has 0 bridgehead atoms. The molecule has 0 fully saturated rings. The molecule has 0 N–H and O–H groups in total. The van der Waals surface area contributed by atoms with Gasteiger partial charge in [0.1, 0.15) is 0 Å². The Morgan fingerprint density at radius 1 is 0.593 bits per heavy atom. The standard InChI is InChI=1S/C27H40/c1-4-5-6-7-8-9-10-11-12-13-16-26-17-14-15-18-27(26)22-25-20-23(2)19-24(3)21-25/h14-15,17-21H,4-13,16,22H2,1-3H3. The maximum absolute atomic E-state index is 2.34. The fraction of sp³-hybridized carbons (Fsp3) is 0.556. The molecule has 0 heteroatoms. The summed E-state index contributed by atoms with van der Waals surface area (Å²) in [6.45, 7) is 6.69. The monoisotopic (exact) mass is 364 g/mol. The first kappa shape index (κ1) is 21.7. The molecule has 2 rings (SSSR count). The molecule has 2 aromatic carbocycles. The fourth-order valence-electron chi connectivity index (χ4n) is 4.17. The number of benzene rings is 2. The van der Waals surface area contributed by atoms with Gasteiger partial charge in [-0.25, -0.2) is 0 Å². The van der Waals surface area contributed by atoms with E-state index in [1.807, 2.05) is 0 Å². The number of unbranched alkanes of at least 4 members (excludes halogenated alkanes) is 9. The summed E-state index contributed by atoms with van der Waals surface area (Å²) in [5, 5.41) is 0. The Kier molecular flexibility index (Phi) is 10.3. The summed E-state index contributed by atoms with van der Waals surface area (Å²) in [4.78, 5) is 0. The van der Waals surface area contributed by atoms with Crippen LogP contribution in [0.5, 0.6) is 0 Å². The van der Waals surface area contributed by atoms with Gasteiger partial charge in [0.15, 0.2) is 0 Å². The molecular formula is C27H40. The molecule has 0 spiro atoms. The topological polar surface area (TPSA) is 0 Å². The SMILES string of the molecule is CCCCCCCCCCCCc1ccccc1Cc1cc(C)cc(C)c1. The highest BCUT2D eigenvalue weighted by atomic mass is 14.1. The smallest absolute Gasteiger partial charge is 0.00228 e. The Morgan fingerprint density at radius 3 is 1.70 bits per heavy atom. The van der Waals surface area contributed by atoms with Crippen molar-refractivity contribution in [1.82, 2.24) is 0 Å². The summed E-state index contributed by atoms with van der Waals surface area (Å²) < 4.78 is 0. The van der Waals surface area contributed by atoms with E-state index < -0.39 is 0 Å². The molecule has 0 aliphatic heterocycles. The Bertz CT molecular complexity index is 633. The number of aryl methyl sites for hydroxylation is 3. The van der Waals surface area contributed by atoms with Crippen LogP contribution in [0.2, 0.25) is 0 Å². The summed E-state index contributed by atoms with van der Waals surface area (Å²) in [5.74, 6) is 0. The van der Waals surface area contributed by atoms with E-state index in [0.29, 0.717) is 0 Å². The zero-order valence-corrected chi connectivity index (χ0v) is 18.0. The molecule has 0 atom stereocenters. The first-order valence-corrected chi connectivity index (χ1v) is 11.3. The van der Waals surface area contributed by atoms with E-state index in [4.69, 9.17) is 0 Å². The summed E-state index contributed by atoms with van der Waals surface area (Å²) in [6, 6.07) is 16.0. The van der Waals surface area contributed by atoms with Crippen LogP contribution in [-0.4, -0.2) is 0 Å². The third kappa shape index (κ3) is 8.78. The summed E-state index contributed by atoms with van der Waals surface area (Å²) in [5.41, 5.74) is 7.26. The maximum atomic E-state index is 2.34. The molecule has 0 unspecified atom stereocenters. The summed E-state index contributed by atoms with van der Waals surface area (Å²) >= 11 is 0. The molecule has 0 aliphatic carbocycles. The van der Waals surface area contributed by atoms with Gasteiger partial charge in [0.05, 0.1) is 0 Å². The predicted molar refractivity (Wildman–Crippen MR) is 121 cm³/mol. The molecule has 0 saturated carbocycles. The molecule has 0 nitrogen and oxygen atoms in total. The zero-order valence-electron chi connectivity index (χ0n) is 18.0. The van der Waals surface area contributed by atoms with E-state index in [2.05, 4.69) is 63.2 Å². The first-order chi connectivity index (χ1) is 13.2. The molecule has 0 amide bonds. The minimum atomic E-state index is 1.07. The molecule has 0 heterocycles. The average Bonchev–Trinajstić information content (AvgIpc) is 2.64. The predicted octanol–water partition coefficient (Wildman–Crippen LogP) is 8.36. The van der Waals surface area contributed by atoms with E-state index in [0.717, 1.165) is 6.42 Å². The van der Waals surface area contributed by atoms with Gasteiger partial charge in [-0.2, -0.15) is 0 Å². The van der Waals surface area contributed by atoms with Gasteiger partial charge in [-0.15, -0.1) is 0 Å².